The standard InChI is InChI=1S/C8H18O4/c1-4-5-10-6-11-8(3)12-7(2)9/h7-9H,4-6H2,1-3H3. The van der Waals surface area contributed by atoms with Gasteiger partial charge in [-0.3, -0.25) is 0 Å². The van der Waals surface area contributed by atoms with Gasteiger partial charge in [-0.15, -0.1) is 0 Å². The summed E-state index contributed by atoms with van der Waals surface area (Å²) in [5, 5.41) is 8.78. The Bertz CT molecular complexity index is 95.1. The molecule has 0 aliphatic carbocycles. The molecule has 12 heavy (non-hydrogen) atoms. The zero-order chi connectivity index (χ0) is 9.40. The van der Waals surface area contributed by atoms with Crippen molar-refractivity contribution < 1.29 is 19.3 Å². The van der Waals surface area contributed by atoms with Crippen LogP contribution in [-0.4, -0.2) is 31.1 Å². The molecule has 2 atom stereocenters. The fraction of sp³-hybridized carbons (Fsp3) is 1.00. The maximum Gasteiger partial charge on any atom is 0.160 e. The lowest BCUT2D eigenvalue weighted by atomic mass is 10.5. The minimum atomic E-state index is -0.800. The lowest BCUT2D eigenvalue weighted by Crippen LogP contribution is -2.20. The van der Waals surface area contributed by atoms with Crippen molar-refractivity contribution in [1.29, 1.82) is 0 Å². The van der Waals surface area contributed by atoms with Crippen molar-refractivity contribution in [3.05, 3.63) is 0 Å². The molecule has 0 heterocycles. The quantitative estimate of drug-likeness (QED) is 0.468. The summed E-state index contributed by atoms with van der Waals surface area (Å²) in [6.45, 7) is 6.16. The van der Waals surface area contributed by atoms with E-state index >= 15 is 0 Å². The van der Waals surface area contributed by atoms with Gasteiger partial charge in [0.1, 0.15) is 6.79 Å². The molecule has 4 heteroatoms. The van der Waals surface area contributed by atoms with Gasteiger partial charge in [-0.1, -0.05) is 6.92 Å². The van der Waals surface area contributed by atoms with Gasteiger partial charge >= 0.3 is 0 Å². The number of ether oxygens (including phenoxy) is 3. The molecule has 1 N–H and O–H groups in total. The van der Waals surface area contributed by atoms with Crippen LogP contribution in [0.25, 0.3) is 0 Å². The Labute approximate surface area is 73.4 Å². The van der Waals surface area contributed by atoms with Crippen molar-refractivity contribution in [3.63, 3.8) is 0 Å². The molecule has 0 bridgehead atoms. The van der Waals surface area contributed by atoms with Crippen molar-refractivity contribution in [2.24, 2.45) is 0 Å². The Hall–Kier alpha value is -0.160. The van der Waals surface area contributed by atoms with Crippen LogP contribution in [0.15, 0.2) is 0 Å². The summed E-state index contributed by atoms with van der Waals surface area (Å²) in [4.78, 5) is 0. The van der Waals surface area contributed by atoms with Gasteiger partial charge in [0.25, 0.3) is 0 Å². The number of aliphatic hydroxyl groups is 1. The van der Waals surface area contributed by atoms with Crippen LogP contribution < -0.4 is 0 Å². The average molecular weight is 178 g/mol. The molecule has 0 spiro atoms. The van der Waals surface area contributed by atoms with Crippen LogP contribution in [0.2, 0.25) is 0 Å². The molecular formula is C8H18O4. The molecule has 0 aliphatic heterocycles. The van der Waals surface area contributed by atoms with Crippen LogP contribution in [-0.2, 0) is 14.2 Å². The van der Waals surface area contributed by atoms with Gasteiger partial charge in [0, 0.05) is 6.61 Å². The first-order valence-corrected chi connectivity index (χ1v) is 4.19. The molecule has 74 valence electrons. The summed E-state index contributed by atoms with van der Waals surface area (Å²) in [7, 11) is 0. The van der Waals surface area contributed by atoms with Gasteiger partial charge in [0.15, 0.2) is 12.6 Å². The molecule has 2 unspecified atom stereocenters. The van der Waals surface area contributed by atoms with Crippen molar-refractivity contribution in [1.82, 2.24) is 0 Å². The Balaban J connectivity index is 3.14. The lowest BCUT2D eigenvalue weighted by molar-refractivity contribution is -0.241. The van der Waals surface area contributed by atoms with E-state index in [9.17, 15) is 0 Å². The fourth-order valence-electron chi connectivity index (χ4n) is 0.664. The predicted octanol–water partition coefficient (Wildman–Crippen LogP) is 1.09. The van der Waals surface area contributed by atoms with E-state index < -0.39 is 12.6 Å². The molecule has 0 amide bonds. The highest BCUT2D eigenvalue weighted by molar-refractivity contribution is 4.30. The summed E-state index contributed by atoms with van der Waals surface area (Å²) in [6, 6.07) is 0. The third-order valence-electron chi connectivity index (χ3n) is 1.12. The normalized spacial score (nSPS) is 16.0. The maximum absolute atomic E-state index is 8.78. The smallest absolute Gasteiger partial charge is 0.160 e. The van der Waals surface area contributed by atoms with Crippen molar-refractivity contribution in [2.75, 3.05) is 13.4 Å². The molecule has 0 aromatic carbocycles. The molecule has 0 aromatic rings. The zero-order valence-electron chi connectivity index (χ0n) is 7.95. The molecule has 0 fully saturated rings. The van der Waals surface area contributed by atoms with Gasteiger partial charge in [-0.05, 0) is 20.3 Å². The molecule has 0 aliphatic rings. The van der Waals surface area contributed by atoms with Gasteiger partial charge in [0.2, 0.25) is 0 Å². The monoisotopic (exact) mass is 178 g/mol. The fourth-order valence-corrected chi connectivity index (χ4v) is 0.664. The number of hydrogen-bond acceptors (Lipinski definition) is 4. The summed E-state index contributed by atoms with van der Waals surface area (Å²) in [6.07, 6.45) is -0.261. The third-order valence-corrected chi connectivity index (χ3v) is 1.12. The Morgan fingerprint density at radius 1 is 1.33 bits per heavy atom. The molecule has 4 nitrogen and oxygen atoms in total. The Morgan fingerprint density at radius 3 is 2.50 bits per heavy atom. The predicted molar refractivity (Wildman–Crippen MR) is 44.4 cm³/mol. The van der Waals surface area contributed by atoms with Gasteiger partial charge < -0.3 is 19.3 Å². The number of hydrogen-bond donors (Lipinski definition) is 1. The van der Waals surface area contributed by atoms with E-state index in [2.05, 4.69) is 0 Å². The van der Waals surface area contributed by atoms with Crippen LogP contribution in [0.1, 0.15) is 27.2 Å². The second kappa shape index (κ2) is 7.49. The molecule has 0 saturated carbocycles. The number of aliphatic hydroxyl groups excluding tert-OH is 1. The first-order valence-electron chi connectivity index (χ1n) is 4.19. The summed E-state index contributed by atoms with van der Waals surface area (Å²) in [5.74, 6) is 0. The van der Waals surface area contributed by atoms with Crippen molar-refractivity contribution in [3.8, 4) is 0 Å². The zero-order valence-corrected chi connectivity index (χ0v) is 7.95. The Kier molecular flexibility index (Phi) is 7.39. The van der Waals surface area contributed by atoms with Crippen LogP contribution in [0, 0.1) is 0 Å². The van der Waals surface area contributed by atoms with Gasteiger partial charge in [-0.2, -0.15) is 0 Å². The topological polar surface area (TPSA) is 47.9 Å². The van der Waals surface area contributed by atoms with E-state index in [-0.39, 0.29) is 6.79 Å². The largest absolute Gasteiger partial charge is 0.368 e. The second-order valence-corrected chi connectivity index (χ2v) is 2.50. The van der Waals surface area contributed by atoms with Crippen LogP contribution >= 0.6 is 0 Å². The molecular weight excluding hydrogens is 160 g/mol. The molecule has 0 aromatic heterocycles. The minimum Gasteiger partial charge on any atom is -0.368 e. The van der Waals surface area contributed by atoms with Crippen LogP contribution in [0.4, 0.5) is 0 Å². The Morgan fingerprint density at radius 2 is 2.00 bits per heavy atom. The minimum absolute atomic E-state index is 0.210. The summed E-state index contributed by atoms with van der Waals surface area (Å²) >= 11 is 0. The van der Waals surface area contributed by atoms with E-state index in [4.69, 9.17) is 19.3 Å². The first-order chi connectivity index (χ1) is 5.66. The first kappa shape index (κ1) is 11.8. The second-order valence-electron chi connectivity index (χ2n) is 2.50. The number of rotatable bonds is 7. The molecule has 0 radical (unpaired) electrons. The van der Waals surface area contributed by atoms with E-state index in [1.165, 1.54) is 6.92 Å². The average Bonchev–Trinajstić information content (AvgIpc) is 1.97. The van der Waals surface area contributed by atoms with Crippen molar-refractivity contribution in [2.45, 2.75) is 39.8 Å². The summed E-state index contributed by atoms with van der Waals surface area (Å²) in [5.41, 5.74) is 0. The molecule has 0 rings (SSSR count). The highest BCUT2D eigenvalue weighted by Crippen LogP contribution is 1.97. The van der Waals surface area contributed by atoms with E-state index in [1.54, 1.807) is 6.92 Å². The highest BCUT2D eigenvalue weighted by Gasteiger charge is 2.04. The maximum atomic E-state index is 8.78. The van der Waals surface area contributed by atoms with Gasteiger partial charge in [-0.25, -0.2) is 0 Å². The van der Waals surface area contributed by atoms with E-state index in [0.717, 1.165) is 6.42 Å². The van der Waals surface area contributed by atoms with Gasteiger partial charge in [0.05, 0.1) is 0 Å². The summed E-state index contributed by atoms with van der Waals surface area (Å²) < 4.78 is 15.0. The van der Waals surface area contributed by atoms with Crippen LogP contribution in [0.3, 0.4) is 0 Å². The van der Waals surface area contributed by atoms with Crippen LogP contribution in [0.5, 0.6) is 0 Å². The third kappa shape index (κ3) is 7.94. The molecule has 0 saturated heterocycles. The SMILES string of the molecule is CCCOCOC(C)OC(C)O. The van der Waals surface area contributed by atoms with E-state index in [0.29, 0.717) is 6.61 Å². The van der Waals surface area contributed by atoms with E-state index in [1.807, 2.05) is 6.92 Å². The highest BCUT2D eigenvalue weighted by atomic mass is 16.8. The lowest BCUT2D eigenvalue weighted by Gasteiger charge is -2.15. The van der Waals surface area contributed by atoms with Crippen molar-refractivity contribution >= 4 is 0 Å².